The van der Waals surface area contributed by atoms with Gasteiger partial charge in [-0.3, -0.25) is 4.90 Å². The molecule has 2 amide bonds. The minimum Gasteiger partial charge on any atom is -0.377 e. The van der Waals surface area contributed by atoms with E-state index in [2.05, 4.69) is 10.2 Å². The van der Waals surface area contributed by atoms with Gasteiger partial charge < -0.3 is 15.0 Å². The van der Waals surface area contributed by atoms with Crippen LogP contribution in [-0.2, 0) is 14.8 Å². The zero-order chi connectivity index (χ0) is 17.9. The van der Waals surface area contributed by atoms with E-state index in [0.717, 1.165) is 39.1 Å². The topological polar surface area (TPSA) is 105 Å². The first-order valence-corrected chi connectivity index (χ1v) is 9.99. The van der Waals surface area contributed by atoms with Crippen molar-refractivity contribution in [3.8, 4) is 0 Å². The molecule has 2 saturated heterocycles. The molecule has 1 aromatic rings. The summed E-state index contributed by atoms with van der Waals surface area (Å²) in [5, 5.41) is 7.85. The zero-order valence-electron chi connectivity index (χ0n) is 14.1. The lowest BCUT2D eigenvalue weighted by molar-refractivity contribution is 0.0572. The number of urea groups is 1. The number of anilines is 1. The Morgan fingerprint density at radius 1 is 1.28 bits per heavy atom. The highest BCUT2D eigenvalue weighted by Gasteiger charge is 2.25. The molecule has 138 valence electrons. The van der Waals surface area contributed by atoms with Gasteiger partial charge in [-0.1, -0.05) is 6.07 Å². The van der Waals surface area contributed by atoms with Crippen LogP contribution in [0, 0.1) is 0 Å². The van der Waals surface area contributed by atoms with Gasteiger partial charge in [-0.15, -0.1) is 0 Å². The molecule has 2 fully saturated rings. The minimum atomic E-state index is -3.79. The average molecular weight is 368 g/mol. The fourth-order valence-corrected chi connectivity index (χ4v) is 3.72. The van der Waals surface area contributed by atoms with Gasteiger partial charge in [0, 0.05) is 45.0 Å². The summed E-state index contributed by atoms with van der Waals surface area (Å²) in [5.74, 6) is 0. The first-order chi connectivity index (χ1) is 11.9. The fourth-order valence-electron chi connectivity index (χ4n) is 3.16. The van der Waals surface area contributed by atoms with E-state index in [1.807, 2.05) is 0 Å². The molecule has 0 aromatic heterocycles. The summed E-state index contributed by atoms with van der Waals surface area (Å²) in [5.41, 5.74) is 0.415. The standard InChI is InChI=1S/C16H24N4O4S/c17-25(22,23)15-5-1-3-13(11-15)18-16(21)20-8-6-19(7-9-20)12-14-4-2-10-24-14/h1,3,5,11,14H,2,4,6-10,12H2,(H,18,21)(H2,17,22,23). The van der Waals surface area contributed by atoms with E-state index in [0.29, 0.717) is 24.9 Å². The first kappa shape index (κ1) is 18.1. The van der Waals surface area contributed by atoms with E-state index in [4.69, 9.17) is 9.88 Å². The number of primary sulfonamides is 1. The van der Waals surface area contributed by atoms with Crippen LogP contribution in [0.3, 0.4) is 0 Å². The van der Waals surface area contributed by atoms with Crippen LogP contribution >= 0.6 is 0 Å². The minimum absolute atomic E-state index is 0.0216. The van der Waals surface area contributed by atoms with Crippen LogP contribution in [0.4, 0.5) is 10.5 Å². The largest absolute Gasteiger partial charge is 0.377 e. The van der Waals surface area contributed by atoms with Crippen LogP contribution in [-0.4, -0.2) is 69.7 Å². The number of amides is 2. The maximum Gasteiger partial charge on any atom is 0.321 e. The molecule has 1 atom stereocenters. The molecule has 8 nitrogen and oxygen atoms in total. The Hall–Kier alpha value is -1.68. The number of nitrogens with one attached hydrogen (secondary N) is 1. The van der Waals surface area contributed by atoms with E-state index < -0.39 is 10.0 Å². The summed E-state index contributed by atoms with van der Waals surface area (Å²) in [6.45, 7) is 4.66. The Morgan fingerprint density at radius 2 is 2.04 bits per heavy atom. The highest BCUT2D eigenvalue weighted by Crippen LogP contribution is 2.16. The lowest BCUT2D eigenvalue weighted by atomic mass is 10.2. The van der Waals surface area contributed by atoms with Gasteiger partial charge in [0.2, 0.25) is 10.0 Å². The number of hydrogen-bond acceptors (Lipinski definition) is 5. The molecule has 1 unspecified atom stereocenters. The summed E-state index contributed by atoms with van der Waals surface area (Å²) in [6, 6.07) is 5.72. The van der Waals surface area contributed by atoms with Crippen molar-refractivity contribution in [1.29, 1.82) is 0 Å². The lowest BCUT2D eigenvalue weighted by Gasteiger charge is -2.35. The van der Waals surface area contributed by atoms with Crippen molar-refractivity contribution in [2.75, 3.05) is 44.6 Å². The van der Waals surface area contributed by atoms with Crippen molar-refractivity contribution in [3.05, 3.63) is 24.3 Å². The Bertz CT molecular complexity index is 711. The second-order valence-electron chi connectivity index (χ2n) is 6.43. The maximum absolute atomic E-state index is 12.4. The molecule has 3 N–H and O–H groups in total. The van der Waals surface area contributed by atoms with Gasteiger partial charge in [-0.25, -0.2) is 18.4 Å². The van der Waals surface area contributed by atoms with Crippen molar-refractivity contribution < 1.29 is 17.9 Å². The van der Waals surface area contributed by atoms with E-state index >= 15 is 0 Å². The van der Waals surface area contributed by atoms with Crippen LogP contribution in [0.25, 0.3) is 0 Å². The van der Waals surface area contributed by atoms with Crippen molar-refractivity contribution in [3.63, 3.8) is 0 Å². The number of sulfonamides is 1. The van der Waals surface area contributed by atoms with Gasteiger partial charge in [0.15, 0.2) is 0 Å². The smallest absolute Gasteiger partial charge is 0.321 e. The highest BCUT2D eigenvalue weighted by atomic mass is 32.2. The molecule has 2 aliphatic heterocycles. The maximum atomic E-state index is 12.4. The molecule has 0 spiro atoms. The van der Waals surface area contributed by atoms with Crippen molar-refractivity contribution in [2.45, 2.75) is 23.8 Å². The Labute approximate surface area is 148 Å². The van der Waals surface area contributed by atoms with Gasteiger partial charge in [-0.2, -0.15) is 0 Å². The number of carbonyl (C=O) groups excluding carboxylic acids is 1. The van der Waals surface area contributed by atoms with Crippen LogP contribution < -0.4 is 10.5 Å². The monoisotopic (exact) mass is 368 g/mol. The average Bonchev–Trinajstić information content (AvgIpc) is 3.08. The van der Waals surface area contributed by atoms with Crippen LogP contribution in [0.2, 0.25) is 0 Å². The van der Waals surface area contributed by atoms with E-state index in [1.54, 1.807) is 17.0 Å². The number of nitrogens with zero attached hydrogens (tertiary/aromatic N) is 2. The molecular formula is C16H24N4O4S. The number of piperazine rings is 1. The normalized spacial score (nSPS) is 22.1. The van der Waals surface area contributed by atoms with Crippen LogP contribution in [0.15, 0.2) is 29.2 Å². The van der Waals surface area contributed by atoms with E-state index in [-0.39, 0.29) is 10.9 Å². The van der Waals surface area contributed by atoms with Crippen LogP contribution in [0.1, 0.15) is 12.8 Å². The predicted molar refractivity (Wildman–Crippen MR) is 93.8 cm³/mol. The van der Waals surface area contributed by atoms with Gasteiger partial charge in [0.25, 0.3) is 0 Å². The number of carbonyl (C=O) groups is 1. The lowest BCUT2D eigenvalue weighted by Crippen LogP contribution is -2.51. The van der Waals surface area contributed by atoms with Gasteiger partial charge >= 0.3 is 6.03 Å². The molecule has 0 radical (unpaired) electrons. The molecule has 3 rings (SSSR count). The second kappa shape index (κ2) is 7.69. The van der Waals surface area contributed by atoms with Crippen molar-refractivity contribution >= 4 is 21.7 Å². The molecule has 25 heavy (non-hydrogen) atoms. The molecule has 0 bridgehead atoms. The summed E-state index contributed by atoms with van der Waals surface area (Å²) < 4.78 is 28.4. The van der Waals surface area contributed by atoms with Crippen molar-refractivity contribution in [1.82, 2.24) is 9.80 Å². The molecule has 9 heteroatoms. The third-order valence-corrected chi connectivity index (χ3v) is 5.47. The number of hydrogen-bond donors (Lipinski definition) is 2. The molecule has 1 aromatic carbocycles. The summed E-state index contributed by atoms with van der Waals surface area (Å²) >= 11 is 0. The summed E-state index contributed by atoms with van der Waals surface area (Å²) in [6.07, 6.45) is 2.56. The van der Waals surface area contributed by atoms with Crippen LogP contribution in [0.5, 0.6) is 0 Å². The SMILES string of the molecule is NS(=O)(=O)c1cccc(NC(=O)N2CCN(CC3CCCO3)CC2)c1. The van der Waals surface area contributed by atoms with Crippen molar-refractivity contribution in [2.24, 2.45) is 5.14 Å². The number of nitrogens with two attached hydrogens (primary N) is 1. The van der Waals surface area contributed by atoms with Gasteiger partial charge in [0.1, 0.15) is 0 Å². The molecule has 0 saturated carbocycles. The van der Waals surface area contributed by atoms with E-state index in [1.165, 1.54) is 12.1 Å². The van der Waals surface area contributed by atoms with Gasteiger partial charge in [-0.05, 0) is 31.0 Å². The number of ether oxygens (including phenoxy) is 1. The summed E-state index contributed by atoms with van der Waals surface area (Å²) in [7, 11) is -3.79. The third-order valence-electron chi connectivity index (χ3n) is 4.56. The Balaban J connectivity index is 1.51. The molecular weight excluding hydrogens is 344 g/mol. The highest BCUT2D eigenvalue weighted by molar-refractivity contribution is 7.89. The third kappa shape index (κ3) is 4.91. The second-order valence-corrected chi connectivity index (χ2v) is 7.99. The Kier molecular flexibility index (Phi) is 5.57. The fraction of sp³-hybridized carbons (Fsp3) is 0.562. The zero-order valence-corrected chi connectivity index (χ0v) is 14.9. The molecule has 2 aliphatic rings. The molecule has 2 heterocycles. The number of rotatable bonds is 4. The summed E-state index contributed by atoms with van der Waals surface area (Å²) in [4.78, 5) is 16.4. The Morgan fingerprint density at radius 3 is 2.68 bits per heavy atom. The van der Waals surface area contributed by atoms with Gasteiger partial charge in [0.05, 0.1) is 11.0 Å². The quantitative estimate of drug-likeness (QED) is 0.812. The first-order valence-electron chi connectivity index (χ1n) is 8.44. The molecule has 0 aliphatic carbocycles. The predicted octanol–water partition coefficient (Wildman–Crippen LogP) is 0.662. The number of benzene rings is 1. The van der Waals surface area contributed by atoms with E-state index in [9.17, 15) is 13.2 Å².